The lowest BCUT2D eigenvalue weighted by Gasteiger charge is -2.36. The van der Waals surface area contributed by atoms with Gasteiger partial charge in [-0.05, 0) is 19.9 Å². The first-order chi connectivity index (χ1) is 7.99. The van der Waals surface area contributed by atoms with E-state index < -0.39 is 0 Å². The molecule has 4 nitrogen and oxygen atoms in total. The van der Waals surface area contributed by atoms with Gasteiger partial charge in [0, 0.05) is 6.54 Å². The number of aromatic amines is 1. The number of morpholine rings is 1. The third kappa shape index (κ3) is 2.59. The van der Waals surface area contributed by atoms with Crippen molar-refractivity contribution in [1.29, 1.82) is 0 Å². The second-order valence-corrected chi connectivity index (χ2v) is 5.08. The first kappa shape index (κ1) is 12.7. The van der Waals surface area contributed by atoms with E-state index in [1.165, 1.54) is 0 Å². The molecular formula is C11H14Cl2N2O2. The average molecular weight is 277 g/mol. The Bertz CT molecular complexity index is 414. The van der Waals surface area contributed by atoms with Crippen molar-refractivity contribution in [1.82, 2.24) is 9.88 Å². The minimum atomic E-state index is -0.0959. The molecule has 17 heavy (non-hydrogen) atoms. The van der Waals surface area contributed by atoms with Crippen molar-refractivity contribution in [3.63, 3.8) is 0 Å². The SMILES string of the molecule is CC1CN(C(=O)c2cc(Cl)c(Cl)[nH]2)C(C)CO1. The summed E-state index contributed by atoms with van der Waals surface area (Å²) >= 11 is 11.6. The number of ether oxygens (including phenoxy) is 1. The number of halogens is 2. The van der Waals surface area contributed by atoms with Gasteiger partial charge in [0.05, 0.1) is 23.8 Å². The maximum atomic E-state index is 12.2. The third-order valence-electron chi connectivity index (χ3n) is 2.82. The van der Waals surface area contributed by atoms with E-state index in [1.54, 1.807) is 11.0 Å². The van der Waals surface area contributed by atoms with Crippen molar-refractivity contribution in [3.05, 3.63) is 21.9 Å². The Morgan fingerprint density at radius 1 is 1.53 bits per heavy atom. The molecule has 1 N–H and O–H groups in total. The molecule has 2 rings (SSSR count). The monoisotopic (exact) mass is 276 g/mol. The quantitative estimate of drug-likeness (QED) is 0.857. The van der Waals surface area contributed by atoms with Gasteiger partial charge in [-0.1, -0.05) is 23.2 Å². The van der Waals surface area contributed by atoms with Crippen LogP contribution in [0.1, 0.15) is 24.3 Å². The molecule has 2 unspecified atom stereocenters. The van der Waals surface area contributed by atoms with Gasteiger partial charge >= 0.3 is 0 Å². The summed E-state index contributed by atoms with van der Waals surface area (Å²) in [6.45, 7) is 5.03. The molecular weight excluding hydrogens is 263 g/mol. The van der Waals surface area contributed by atoms with Crippen LogP contribution in [0.4, 0.5) is 0 Å². The summed E-state index contributed by atoms with van der Waals surface area (Å²) in [6, 6.07) is 1.61. The predicted octanol–water partition coefficient (Wildman–Crippen LogP) is 2.57. The molecule has 0 aliphatic carbocycles. The van der Waals surface area contributed by atoms with Crippen LogP contribution in [-0.2, 0) is 4.74 Å². The number of nitrogens with one attached hydrogen (secondary N) is 1. The van der Waals surface area contributed by atoms with Gasteiger partial charge in [-0.25, -0.2) is 0 Å². The minimum Gasteiger partial charge on any atom is -0.375 e. The van der Waals surface area contributed by atoms with Gasteiger partial charge in [0.2, 0.25) is 0 Å². The molecule has 1 saturated heterocycles. The van der Waals surface area contributed by atoms with E-state index in [0.717, 1.165) is 0 Å². The smallest absolute Gasteiger partial charge is 0.270 e. The molecule has 0 bridgehead atoms. The first-order valence-corrected chi connectivity index (χ1v) is 6.21. The molecule has 0 spiro atoms. The Labute approximate surface area is 110 Å². The zero-order valence-corrected chi connectivity index (χ0v) is 11.2. The lowest BCUT2D eigenvalue weighted by atomic mass is 10.2. The molecule has 0 aromatic carbocycles. The van der Waals surface area contributed by atoms with Crippen LogP contribution < -0.4 is 0 Å². The highest BCUT2D eigenvalue weighted by molar-refractivity contribution is 6.41. The number of nitrogens with zero attached hydrogens (tertiary/aromatic N) is 1. The van der Waals surface area contributed by atoms with Crippen LogP contribution in [0, 0.1) is 0 Å². The Kier molecular flexibility index (Phi) is 3.66. The van der Waals surface area contributed by atoms with Gasteiger partial charge in [0.1, 0.15) is 10.8 Å². The largest absolute Gasteiger partial charge is 0.375 e. The fraction of sp³-hybridized carbons (Fsp3) is 0.545. The summed E-state index contributed by atoms with van der Waals surface area (Å²) in [7, 11) is 0. The van der Waals surface area contributed by atoms with E-state index in [0.29, 0.717) is 29.0 Å². The van der Waals surface area contributed by atoms with Crippen molar-refractivity contribution in [2.24, 2.45) is 0 Å². The number of carbonyl (C=O) groups excluding carboxylic acids is 1. The first-order valence-electron chi connectivity index (χ1n) is 5.45. The molecule has 1 aliphatic heterocycles. The topological polar surface area (TPSA) is 45.3 Å². The zero-order chi connectivity index (χ0) is 12.6. The van der Waals surface area contributed by atoms with Crippen LogP contribution in [0.15, 0.2) is 6.07 Å². The number of amides is 1. The second-order valence-electron chi connectivity index (χ2n) is 4.30. The molecule has 1 fully saturated rings. The van der Waals surface area contributed by atoms with E-state index in [4.69, 9.17) is 27.9 Å². The van der Waals surface area contributed by atoms with Crippen molar-refractivity contribution in [2.75, 3.05) is 13.2 Å². The summed E-state index contributed by atoms with van der Waals surface area (Å²) in [5, 5.41) is 0.660. The van der Waals surface area contributed by atoms with Gasteiger partial charge in [-0.3, -0.25) is 4.79 Å². The van der Waals surface area contributed by atoms with Crippen LogP contribution in [0.2, 0.25) is 10.2 Å². The van der Waals surface area contributed by atoms with E-state index in [-0.39, 0.29) is 18.1 Å². The van der Waals surface area contributed by atoms with Crippen LogP contribution in [0.5, 0.6) is 0 Å². The summed E-state index contributed by atoms with van der Waals surface area (Å²) in [6.07, 6.45) is 0.0519. The van der Waals surface area contributed by atoms with Gasteiger partial charge in [0.15, 0.2) is 0 Å². The number of hydrogen-bond donors (Lipinski definition) is 1. The fourth-order valence-corrected chi connectivity index (χ4v) is 2.17. The Hall–Kier alpha value is -0.710. The highest BCUT2D eigenvalue weighted by atomic mass is 35.5. The number of carbonyl (C=O) groups is 1. The third-order valence-corrected chi connectivity index (χ3v) is 3.52. The van der Waals surface area contributed by atoms with Crippen LogP contribution >= 0.6 is 23.2 Å². The van der Waals surface area contributed by atoms with E-state index in [1.807, 2.05) is 13.8 Å². The van der Waals surface area contributed by atoms with E-state index in [2.05, 4.69) is 4.98 Å². The minimum absolute atomic E-state index is 0.0519. The van der Waals surface area contributed by atoms with Gasteiger partial charge in [0.25, 0.3) is 5.91 Å². The zero-order valence-electron chi connectivity index (χ0n) is 9.67. The van der Waals surface area contributed by atoms with Gasteiger partial charge < -0.3 is 14.6 Å². The molecule has 6 heteroatoms. The number of aromatic nitrogens is 1. The van der Waals surface area contributed by atoms with Crippen LogP contribution in [0.25, 0.3) is 0 Å². The second kappa shape index (κ2) is 4.88. The summed E-state index contributed by atoms with van der Waals surface area (Å²) in [5.74, 6) is -0.0959. The number of H-pyrrole nitrogens is 1. The highest BCUT2D eigenvalue weighted by Crippen LogP contribution is 2.24. The van der Waals surface area contributed by atoms with Crippen molar-refractivity contribution < 1.29 is 9.53 Å². The van der Waals surface area contributed by atoms with E-state index in [9.17, 15) is 4.79 Å². The van der Waals surface area contributed by atoms with Crippen LogP contribution in [-0.4, -0.2) is 41.1 Å². The molecule has 1 aromatic heterocycles. The maximum Gasteiger partial charge on any atom is 0.270 e. The molecule has 1 aromatic rings. The lowest BCUT2D eigenvalue weighted by molar-refractivity contribution is -0.0388. The molecule has 0 saturated carbocycles. The molecule has 0 radical (unpaired) electrons. The maximum absolute atomic E-state index is 12.2. The number of rotatable bonds is 1. The normalized spacial score (nSPS) is 25.1. The van der Waals surface area contributed by atoms with Gasteiger partial charge in [-0.2, -0.15) is 0 Å². The molecule has 2 heterocycles. The summed E-state index contributed by atoms with van der Waals surface area (Å²) in [5.41, 5.74) is 0.418. The average Bonchev–Trinajstić information content (AvgIpc) is 2.62. The fourth-order valence-electron chi connectivity index (χ4n) is 1.86. The molecule has 94 valence electrons. The van der Waals surface area contributed by atoms with Gasteiger partial charge in [-0.15, -0.1) is 0 Å². The Morgan fingerprint density at radius 3 is 2.82 bits per heavy atom. The van der Waals surface area contributed by atoms with E-state index >= 15 is 0 Å². The van der Waals surface area contributed by atoms with Crippen molar-refractivity contribution >= 4 is 29.1 Å². The molecule has 2 atom stereocenters. The summed E-state index contributed by atoms with van der Waals surface area (Å²) in [4.78, 5) is 16.8. The molecule has 1 aliphatic rings. The predicted molar refractivity (Wildman–Crippen MR) is 66.7 cm³/mol. The summed E-state index contributed by atoms with van der Waals surface area (Å²) < 4.78 is 5.48. The Morgan fingerprint density at radius 2 is 2.24 bits per heavy atom. The highest BCUT2D eigenvalue weighted by Gasteiger charge is 2.29. The molecule has 1 amide bonds. The number of hydrogen-bond acceptors (Lipinski definition) is 2. The van der Waals surface area contributed by atoms with Crippen LogP contribution in [0.3, 0.4) is 0 Å². The Balaban J connectivity index is 2.18. The lowest BCUT2D eigenvalue weighted by Crippen LogP contribution is -2.50. The van der Waals surface area contributed by atoms with Crippen molar-refractivity contribution in [3.8, 4) is 0 Å². The standard InChI is InChI=1S/C11H14Cl2N2O2/c1-6-5-17-7(2)4-15(6)11(16)9-3-8(12)10(13)14-9/h3,6-7,14H,4-5H2,1-2H3. The van der Waals surface area contributed by atoms with Crippen molar-refractivity contribution in [2.45, 2.75) is 26.0 Å².